The Morgan fingerprint density at radius 2 is 1.72 bits per heavy atom. The third-order valence-corrected chi connectivity index (χ3v) is 6.31. The Bertz CT molecular complexity index is 817. The monoisotopic (exact) mass is 412 g/mol. The summed E-state index contributed by atoms with van der Waals surface area (Å²) in [7, 11) is 0. The molecule has 1 aliphatic rings. The molecule has 1 N–H and O–H groups in total. The lowest BCUT2D eigenvalue weighted by Gasteiger charge is -2.32. The number of carbonyl (C=O) groups is 1. The van der Waals surface area contributed by atoms with Gasteiger partial charge in [0.2, 0.25) is 5.91 Å². The summed E-state index contributed by atoms with van der Waals surface area (Å²) < 4.78 is 0. The third kappa shape index (κ3) is 5.83. The molecule has 29 heavy (non-hydrogen) atoms. The number of halogens is 1. The summed E-state index contributed by atoms with van der Waals surface area (Å²) in [6.45, 7) is 11.4. The zero-order valence-corrected chi connectivity index (χ0v) is 18.8. The van der Waals surface area contributed by atoms with Crippen molar-refractivity contribution in [3.8, 4) is 0 Å². The first-order valence-electron chi connectivity index (χ1n) is 10.6. The number of piperidine rings is 1. The van der Waals surface area contributed by atoms with Crippen molar-refractivity contribution in [2.45, 2.75) is 58.5 Å². The van der Waals surface area contributed by atoms with E-state index in [-0.39, 0.29) is 23.3 Å². The van der Waals surface area contributed by atoms with Crippen LogP contribution >= 0.6 is 11.6 Å². The molecule has 1 saturated heterocycles. The van der Waals surface area contributed by atoms with Crippen molar-refractivity contribution in [2.24, 2.45) is 5.92 Å². The van der Waals surface area contributed by atoms with Gasteiger partial charge in [-0.3, -0.25) is 9.69 Å². The fourth-order valence-corrected chi connectivity index (χ4v) is 4.10. The largest absolute Gasteiger partial charge is 0.349 e. The Balaban J connectivity index is 1.50. The van der Waals surface area contributed by atoms with Gasteiger partial charge < -0.3 is 5.32 Å². The van der Waals surface area contributed by atoms with Crippen LogP contribution in [0, 0.1) is 5.92 Å². The smallest absolute Gasteiger partial charge is 0.223 e. The van der Waals surface area contributed by atoms with E-state index in [4.69, 9.17) is 11.6 Å². The zero-order valence-electron chi connectivity index (χ0n) is 18.0. The van der Waals surface area contributed by atoms with Gasteiger partial charge in [0.25, 0.3) is 0 Å². The highest BCUT2D eigenvalue weighted by molar-refractivity contribution is 6.31. The second-order valence-electron chi connectivity index (χ2n) is 9.24. The number of hydrogen-bond donors (Lipinski definition) is 1. The van der Waals surface area contributed by atoms with Gasteiger partial charge in [0, 0.05) is 17.5 Å². The molecule has 1 fully saturated rings. The van der Waals surface area contributed by atoms with Crippen molar-refractivity contribution >= 4 is 17.5 Å². The van der Waals surface area contributed by atoms with Crippen molar-refractivity contribution in [1.29, 1.82) is 0 Å². The zero-order chi connectivity index (χ0) is 21.0. The summed E-state index contributed by atoms with van der Waals surface area (Å²) in [5.74, 6) is 0.267. The van der Waals surface area contributed by atoms with Gasteiger partial charge >= 0.3 is 0 Å². The average molecular weight is 413 g/mol. The molecule has 1 heterocycles. The minimum absolute atomic E-state index is 0.0256. The van der Waals surface area contributed by atoms with Crippen molar-refractivity contribution < 1.29 is 4.79 Å². The van der Waals surface area contributed by atoms with Gasteiger partial charge in [0.15, 0.2) is 0 Å². The van der Waals surface area contributed by atoms with Gasteiger partial charge in [0.1, 0.15) is 0 Å². The van der Waals surface area contributed by atoms with Crippen LogP contribution in [0.25, 0.3) is 0 Å². The molecule has 3 nitrogen and oxygen atoms in total. The molecular formula is C25H33ClN2O. The van der Waals surface area contributed by atoms with Crippen LogP contribution in [0.2, 0.25) is 5.02 Å². The lowest BCUT2D eigenvalue weighted by atomic mass is 9.86. The average Bonchev–Trinajstić information content (AvgIpc) is 2.69. The molecule has 1 amide bonds. The van der Waals surface area contributed by atoms with Crippen molar-refractivity contribution in [3.05, 3.63) is 70.2 Å². The predicted molar refractivity (Wildman–Crippen MR) is 121 cm³/mol. The molecule has 2 aromatic carbocycles. The number of likely N-dealkylation sites (tertiary alicyclic amines) is 1. The Kier molecular flexibility index (Phi) is 7.02. The molecular weight excluding hydrogens is 380 g/mol. The number of amides is 1. The van der Waals surface area contributed by atoms with Crippen molar-refractivity contribution in [2.75, 3.05) is 13.1 Å². The van der Waals surface area contributed by atoms with Crippen molar-refractivity contribution in [1.82, 2.24) is 10.2 Å². The van der Waals surface area contributed by atoms with E-state index in [0.717, 1.165) is 48.6 Å². The topological polar surface area (TPSA) is 32.3 Å². The number of nitrogens with one attached hydrogen (secondary N) is 1. The summed E-state index contributed by atoms with van der Waals surface area (Å²) in [6.07, 6.45) is 1.79. The number of benzene rings is 2. The summed E-state index contributed by atoms with van der Waals surface area (Å²) in [4.78, 5) is 15.2. The van der Waals surface area contributed by atoms with Gasteiger partial charge in [0.05, 0.1) is 6.04 Å². The maximum absolute atomic E-state index is 12.8. The normalized spacial score (nSPS) is 17.1. The van der Waals surface area contributed by atoms with Gasteiger partial charge in [-0.1, -0.05) is 74.8 Å². The summed E-state index contributed by atoms with van der Waals surface area (Å²) in [5, 5.41) is 4.04. The molecule has 2 aromatic rings. The van der Waals surface area contributed by atoms with E-state index in [0.29, 0.717) is 0 Å². The predicted octanol–water partition coefficient (Wildman–Crippen LogP) is 5.73. The van der Waals surface area contributed by atoms with Crippen LogP contribution in [-0.2, 0) is 16.8 Å². The van der Waals surface area contributed by atoms with Gasteiger partial charge in [-0.2, -0.15) is 0 Å². The molecule has 156 valence electrons. The van der Waals surface area contributed by atoms with E-state index >= 15 is 0 Å². The Morgan fingerprint density at radius 3 is 2.31 bits per heavy atom. The first kappa shape index (κ1) is 21.9. The molecule has 0 saturated carbocycles. The highest BCUT2D eigenvalue weighted by Crippen LogP contribution is 2.25. The van der Waals surface area contributed by atoms with E-state index in [1.165, 1.54) is 5.56 Å². The highest BCUT2D eigenvalue weighted by atomic mass is 35.5. The molecule has 4 heteroatoms. The molecule has 0 spiro atoms. The van der Waals surface area contributed by atoms with Crippen LogP contribution in [0.5, 0.6) is 0 Å². The van der Waals surface area contributed by atoms with E-state index < -0.39 is 0 Å². The summed E-state index contributed by atoms with van der Waals surface area (Å²) >= 11 is 6.28. The molecule has 0 aliphatic carbocycles. The lowest BCUT2D eigenvalue weighted by molar-refractivity contribution is -0.127. The standard InChI is InChI=1S/C25H33ClN2O/c1-18(19-9-11-22(12-10-19)25(2,3)4)27-24(29)20-13-15-28(16-14-20)17-21-7-5-6-8-23(21)26/h5-12,18,20H,13-17H2,1-4H3,(H,27,29)/t18-/m1/s1. The van der Waals surface area contributed by atoms with Crippen molar-refractivity contribution in [3.63, 3.8) is 0 Å². The Labute approximate surface area is 180 Å². The number of hydrogen-bond acceptors (Lipinski definition) is 2. The molecule has 1 aliphatic heterocycles. The van der Waals surface area contributed by atoms with E-state index in [1.807, 2.05) is 18.2 Å². The summed E-state index contributed by atoms with van der Waals surface area (Å²) in [6, 6.07) is 16.6. The third-order valence-electron chi connectivity index (χ3n) is 5.95. The Morgan fingerprint density at radius 1 is 1.10 bits per heavy atom. The van der Waals surface area contributed by atoms with Crippen LogP contribution < -0.4 is 5.32 Å². The van der Waals surface area contributed by atoms with Crippen LogP contribution in [0.1, 0.15) is 63.3 Å². The molecule has 0 unspecified atom stereocenters. The minimum Gasteiger partial charge on any atom is -0.349 e. The molecule has 0 radical (unpaired) electrons. The van der Waals surface area contributed by atoms with Crippen LogP contribution in [-0.4, -0.2) is 23.9 Å². The maximum Gasteiger partial charge on any atom is 0.223 e. The molecule has 1 atom stereocenters. The second kappa shape index (κ2) is 9.32. The first-order chi connectivity index (χ1) is 13.7. The van der Waals surface area contributed by atoms with Crippen LogP contribution in [0.4, 0.5) is 0 Å². The fourth-order valence-electron chi connectivity index (χ4n) is 3.91. The molecule has 0 bridgehead atoms. The maximum atomic E-state index is 12.8. The van der Waals surface area contributed by atoms with E-state index in [9.17, 15) is 4.79 Å². The Hall–Kier alpha value is -1.84. The fraction of sp³-hybridized carbons (Fsp3) is 0.480. The molecule has 0 aromatic heterocycles. The van der Waals surface area contributed by atoms with Gasteiger partial charge in [-0.05, 0) is 61.0 Å². The minimum atomic E-state index is 0.0256. The number of rotatable bonds is 5. The second-order valence-corrected chi connectivity index (χ2v) is 9.65. The first-order valence-corrected chi connectivity index (χ1v) is 11.0. The van der Waals surface area contributed by atoms with E-state index in [2.05, 4.69) is 68.2 Å². The van der Waals surface area contributed by atoms with Gasteiger partial charge in [-0.15, -0.1) is 0 Å². The van der Waals surface area contributed by atoms with Crippen LogP contribution in [0.3, 0.4) is 0 Å². The van der Waals surface area contributed by atoms with Gasteiger partial charge in [-0.25, -0.2) is 0 Å². The molecule has 3 rings (SSSR count). The number of carbonyl (C=O) groups excluding carboxylic acids is 1. The highest BCUT2D eigenvalue weighted by Gasteiger charge is 2.26. The number of nitrogens with zero attached hydrogens (tertiary/aromatic N) is 1. The SMILES string of the molecule is C[C@@H](NC(=O)C1CCN(Cc2ccccc2Cl)CC1)c1ccc(C(C)(C)C)cc1. The quantitative estimate of drug-likeness (QED) is 0.680. The summed E-state index contributed by atoms with van der Waals surface area (Å²) in [5.41, 5.74) is 3.76. The van der Waals surface area contributed by atoms with E-state index in [1.54, 1.807) is 0 Å². The lowest BCUT2D eigenvalue weighted by Crippen LogP contribution is -2.40. The van der Waals surface area contributed by atoms with Crippen LogP contribution in [0.15, 0.2) is 48.5 Å².